The van der Waals surface area contributed by atoms with Gasteiger partial charge in [0.1, 0.15) is 11.5 Å². The SMILES string of the molecule is COc1ccc(CNC(C)Cn2cccn2)c(OC)c1. The molecule has 1 unspecified atom stereocenters. The summed E-state index contributed by atoms with van der Waals surface area (Å²) in [6, 6.07) is 8.11. The zero-order chi connectivity index (χ0) is 14.4. The molecule has 0 aliphatic rings. The van der Waals surface area contributed by atoms with Crippen LogP contribution in [0.15, 0.2) is 36.7 Å². The average Bonchev–Trinajstić information content (AvgIpc) is 2.97. The first-order valence-corrected chi connectivity index (χ1v) is 6.64. The van der Waals surface area contributed by atoms with Crippen LogP contribution >= 0.6 is 0 Å². The summed E-state index contributed by atoms with van der Waals surface area (Å²) in [6.45, 7) is 3.72. The van der Waals surface area contributed by atoms with Gasteiger partial charge in [-0.3, -0.25) is 4.68 Å². The topological polar surface area (TPSA) is 48.3 Å². The number of hydrogen-bond acceptors (Lipinski definition) is 4. The molecular formula is C15H21N3O2. The molecule has 2 aromatic rings. The number of aromatic nitrogens is 2. The van der Waals surface area contributed by atoms with Gasteiger partial charge >= 0.3 is 0 Å². The third-order valence-corrected chi connectivity index (χ3v) is 3.16. The van der Waals surface area contributed by atoms with Gasteiger partial charge in [-0.2, -0.15) is 5.10 Å². The molecule has 108 valence electrons. The highest BCUT2D eigenvalue weighted by Crippen LogP contribution is 2.24. The lowest BCUT2D eigenvalue weighted by Crippen LogP contribution is -2.30. The summed E-state index contributed by atoms with van der Waals surface area (Å²) in [5, 5.41) is 7.67. The van der Waals surface area contributed by atoms with Crippen molar-refractivity contribution in [1.29, 1.82) is 0 Å². The van der Waals surface area contributed by atoms with Crippen LogP contribution in [-0.2, 0) is 13.1 Å². The molecule has 1 atom stereocenters. The number of hydrogen-bond donors (Lipinski definition) is 1. The van der Waals surface area contributed by atoms with Crippen LogP contribution in [0, 0.1) is 0 Å². The van der Waals surface area contributed by atoms with Crippen LogP contribution in [-0.4, -0.2) is 30.0 Å². The molecule has 0 radical (unpaired) electrons. The standard InChI is InChI=1S/C15H21N3O2/c1-12(11-18-8-4-7-17-18)16-10-13-5-6-14(19-2)9-15(13)20-3/h4-9,12,16H,10-11H2,1-3H3. The van der Waals surface area contributed by atoms with Crippen LogP contribution < -0.4 is 14.8 Å². The van der Waals surface area contributed by atoms with E-state index in [2.05, 4.69) is 17.3 Å². The normalized spacial score (nSPS) is 12.2. The molecule has 5 nitrogen and oxygen atoms in total. The molecule has 0 saturated carbocycles. The summed E-state index contributed by atoms with van der Waals surface area (Å²) >= 11 is 0. The number of methoxy groups -OCH3 is 2. The van der Waals surface area contributed by atoms with Gasteiger partial charge in [0.15, 0.2) is 0 Å². The highest BCUT2D eigenvalue weighted by atomic mass is 16.5. The molecule has 0 bridgehead atoms. The zero-order valence-electron chi connectivity index (χ0n) is 12.2. The van der Waals surface area contributed by atoms with E-state index in [1.54, 1.807) is 20.4 Å². The lowest BCUT2D eigenvalue weighted by Gasteiger charge is -2.16. The van der Waals surface area contributed by atoms with Gasteiger partial charge in [0.25, 0.3) is 0 Å². The highest BCUT2D eigenvalue weighted by Gasteiger charge is 2.07. The monoisotopic (exact) mass is 275 g/mol. The third kappa shape index (κ3) is 3.74. The minimum atomic E-state index is 0.321. The second kappa shape index (κ2) is 6.96. The van der Waals surface area contributed by atoms with E-state index in [0.29, 0.717) is 6.04 Å². The van der Waals surface area contributed by atoms with Crippen LogP contribution in [0.4, 0.5) is 0 Å². The quantitative estimate of drug-likeness (QED) is 0.840. The Bertz CT molecular complexity index is 526. The van der Waals surface area contributed by atoms with E-state index in [4.69, 9.17) is 9.47 Å². The fourth-order valence-corrected chi connectivity index (χ4v) is 2.04. The number of nitrogens with one attached hydrogen (secondary N) is 1. The summed E-state index contributed by atoms with van der Waals surface area (Å²) in [5.74, 6) is 1.64. The van der Waals surface area contributed by atoms with E-state index in [-0.39, 0.29) is 0 Å². The van der Waals surface area contributed by atoms with Crippen LogP contribution in [0.25, 0.3) is 0 Å². The van der Waals surface area contributed by atoms with Crippen molar-refractivity contribution in [3.8, 4) is 11.5 Å². The van der Waals surface area contributed by atoms with Crippen molar-refractivity contribution in [1.82, 2.24) is 15.1 Å². The van der Waals surface area contributed by atoms with E-state index in [0.717, 1.165) is 30.2 Å². The predicted molar refractivity (Wildman–Crippen MR) is 78.1 cm³/mol. The first kappa shape index (κ1) is 14.4. The second-order valence-electron chi connectivity index (χ2n) is 4.69. The minimum Gasteiger partial charge on any atom is -0.497 e. The predicted octanol–water partition coefficient (Wildman–Crippen LogP) is 2.08. The van der Waals surface area contributed by atoms with Crippen LogP contribution in [0.1, 0.15) is 12.5 Å². The third-order valence-electron chi connectivity index (χ3n) is 3.16. The van der Waals surface area contributed by atoms with Crippen molar-refractivity contribution in [2.75, 3.05) is 14.2 Å². The summed E-state index contributed by atoms with van der Waals surface area (Å²) in [5.41, 5.74) is 1.11. The second-order valence-corrected chi connectivity index (χ2v) is 4.69. The molecule has 0 amide bonds. The molecule has 1 heterocycles. The van der Waals surface area contributed by atoms with Crippen LogP contribution in [0.5, 0.6) is 11.5 Å². The highest BCUT2D eigenvalue weighted by molar-refractivity contribution is 5.40. The Labute approximate surface area is 119 Å². The van der Waals surface area contributed by atoms with Crippen molar-refractivity contribution < 1.29 is 9.47 Å². The van der Waals surface area contributed by atoms with Crippen molar-refractivity contribution in [2.24, 2.45) is 0 Å². The van der Waals surface area contributed by atoms with Crippen molar-refractivity contribution in [2.45, 2.75) is 26.1 Å². The Kier molecular flexibility index (Phi) is 5.01. The number of ether oxygens (including phenoxy) is 2. The molecule has 1 aromatic carbocycles. The van der Waals surface area contributed by atoms with Gasteiger partial charge in [0.05, 0.1) is 20.8 Å². The molecule has 0 fully saturated rings. The molecule has 0 aliphatic heterocycles. The first-order valence-electron chi connectivity index (χ1n) is 6.64. The zero-order valence-corrected chi connectivity index (χ0v) is 12.2. The van der Waals surface area contributed by atoms with Crippen molar-refractivity contribution in [3.63, 3.8) is 0 Å². The summed E-state index contributed by atoms with van der Waals surface area (Å²) in [7, 11) is 3.32. The van der Waals surface area contributed by atoms with Gasteiger partial charge < -0.3 is 14.8 Å². The Balaban J connectivity index is 1.93. The molecule has 1 N–H and O–H groups in total. The van der Waals surface area contributed by atoms with E-state index in [9.17, 15) is 0 Å². The molecule has 2 rings (SSSR count). The maximum atomic E-state index is 5.39. The molecule has 5 heteroatoms. The Morgan fingerprint density at radius 2 is 2.15 bits per heavy atom. The maximum Gasteiger partial charge on any atom is 0.127 e. The van der Waals surface area contributed by atoms with Gasteiger partial charge in [-0.15, -0.1) is 0 Å². The molecular weight excluding hydrogens is 254 g/mol. The van der Waals surface area contributed by atoms with E-state index in [1.807, 2.05) is 35.1 Å². The summed E-state index contributed by atoms with van der Waals surface area (Å²) in [6.07, 6.45) is 3.76. The van der Waals surface area contributed by atoms with Gasteiger partial charge in [0.2, 0.25) is 0 Å². The Morgan fingerprint density at radius 1 is 1.30 bits per heavy atom. The largest absolute Gasteiger partial charge is 0.497 e. The maximum absolute atomic E-state index is 5.39. The summed E-state index contributed by atoms with van der Waals surface area (Å²) < 4.78 is 12.5. The lowest BCUT2D eigenvalue weighted by atomic mass is 10.1. The fraction of sp³-hybridized carbons (Fsp3) is 0.400. The molecule has 1 aromatic heterocycles. The van der Waals surface area contributed by atoms with Gasteiger partial charge in [-0.1, -0.05) is 6.07 Å². The molecule has 20 heavy (non-hydrogen) atoms. The lowest BCUT2D eigenvalue weighted by molar-refractivity contribution is 0.386. The first-order chi connectivity index (χ1) is 9.72. The molecule has 0 spiro atoms. The smallest absolute Gasteiger partial charge is 0.127 e. The minimum absolute atomic E-state index is 0.321. The Hall–Kier alpha value is -2.01. The number of benzene rings is 1. The van der Waals surface area contributed by atoms with Gasteiger partial charge in [0, 0.05) is 36.6 Å². The van der Waals surface area contributed by atoms with Crippen LogP contribution in [0.3, 0.4) is 0 Å². The van der Waals surface area contributed by atoms with Gasteiger partial charge in [-0.25, -0.2) is 0 Å². The average molecular weight is 275 g/mol. The van der Waals surface area contributed by atoms with E-state index >= 15 is 0 Å². The van der Waals surface area contributed by atoms with Gasteiger partial charge in [-0.05, 0) is 19.1 Å². The summed E-state index contributed by atoms with van der Waals surface area (Å²) in [4.78, 5) is 0. The molecule has 0 aliphatic carbocycles. The number of nitrogens with zero attached hydrogens (tertiary/aromatic N) is 2. The fourth-order valence-electron chi connectivity index (χ4n) is 2.04. The Morgan fingerprint density at radius 3 is 2.80 bits per heavy atom. The van der Waals surface area contributed by atoms with Crippen molar-refractivity contribution >= 4 is 0 Å². The number of rotatable bonds is 7. The van der Waals surface area contributed by atoms with Crippen LogP contribution in [0.2, 0.25) is 0 Å². The van der Waals surface area contributed by atoms with E-state index in [1.165, 1.54) is 0 Å². The van der Waals surface area contributed by atoms with E-state index < -0.39 is 0 Å². The molecule has 0 saturated heterocycles. The van der Waals surface area contributed by atoms with Crippen molar-refractivity contribution in [3.05, 3.63) is 42.2 Å².